The molecule has 0 radical (unpaired) electrons. The van der Waals surface area contributed by atoms with Crippen LogP contribution in [0.2, 0.25) is 0 Å². The number of halogens is 1. The summed E-state index contributed by atoms with van der Waals surface area (Å²) in [7, 11) is 3.72. The highest BCUT2D eigenvalue weighted by Gasteiger charge is 2.55. The standard InChI is InChI=1S/C27H32FN3O3/c1-29(2)15-16-31-25(33)18-27(26(31)34,22-12-6-7-13-23(22)28)17-24(32)30-14-8-11-21(19-30)20-9-4-3-5-10-20/h3-7,9-10,12-13,21H,8,11,14-19H2,1-2H3/t21-,27+/m0/s1. The predicted octanol–water partition coefficient (Wildman–Crippen LogP) is 3.18. The van der Waals surface area contributed by atoms with Crippen LogP contribution in [0.4, 0.5) is 4.39 Å². The fraction of sp³-hybridized carbons (Fsp3) is 0.444. The summed E-state index contributed by atoms with van der Waals surface area (Å²) in [6.45, 7) is 1.88. The number of piperidine rings is 1. The Balaban J connectivity index is 1.61. The molecule has 2 heterocycles. The van der Waals surface area contributed by atoms with Crippen LogP contribution in [0.3, 0.4) is 0 Å². The van der Waals surface area contributed by atoms with Crippen molar-refractivity contribution in [2.24, 2.45) is 0 Å². The van der Waals surface area contributed by atoms with Gasteiger partial charge in [0.15, 0.2) is 0 Å². The minimum Gasteiger partial charge on any atom is -0.342 e. The Kier molecular flexibility index (Phi) is 7.12. The molecule has 0 unspecified atom stereocenters. The summed E-state index contributed by atoms with van der Waals surface area (Å²) in [5.41, 5.74) is -0.192. The van der Waals surface area contributed by atoms with E-state index < -0.39 is 17.1 Å². The molecule has 0 N–H and O–H groups in total. The summed E-state index contributed by atoms with van der Waals surface area (Å²) in [6, 6.07) is 16.1. The molecule has 34 heavy (non-hydrogen) atoms. The van der Waals surface area contributed by atoms with Crippen molar-refractivity contribution in [1.29, 1.82) is 0 Å². The number of likely N-dealkylation sites (N-methyl/N-ethyl adjacent to an activating group) is 1. The summed E-state index contributed by atoms with van der Waals surface area (Å²) in [6.07, 6.45) is 1.45. The van der Waals surface area contributed by atoms with Gasteiger partial charge in [-0.15, -0.1) is 0 Å². The number of likely N-dealkylation sites (tertiary alicyclic amines) is 2. The van der Waals surface area contributed by atoms with Crippen molar-refractivity contribution in [3.05, 3.63) is 71.5 Å². The van der Waals surface area contributed by atoms with E-state index in [1.807, 2.05) is 37.2 Å². The first-order chi connectivity index (χ1) is 16.3. The van der Waals surface area contributed by atoms with Gasteiger partial charge in [-0.3, -0.25) is 19.3 Å². The number of nitrogens with zero attached hydrogens (tertiary/aromatic N) is 3. The van der Waals surface area contributed by atoms with Crippen molar-refractivity contribution in [2.45, 2.75) is 37.0 Å². The summed E-state index contributed by atoms with van der Waals surface area (Å²) in [5, 5.41) is 0. The Morgan fingerprint density at radius 2 is 1.79 bits per heavy atom. The first kappa shape index (κ1) is 24.1. The Morgan fingerprint density at radius 1 is 1.09 bits per heavy atom. The first-order valence-electron chi connectivity index (χ1n) is 11.9. The van der Waals surface area contributed by atoms with Crippen molar-refractivity contribution in [2.75, 3.05) is 40.3 Å². The zero-order valence-electron chi connectivity index (χ0n) is 19.9. The molecule has 4 rings (SSSR count). The highest BCUT2D eigenvalue weighted by Crippen LogP contribution is 2.42. The van der Waals surface area contributed by atoms with E-state index in [1.165, 1.54) is 22.6 Å². The maximum Gasteiger partial charge on any atom is 0.241 e. The van der Waals surface area contributed by atoms with Crippen LogP contribution in [0, 0.1) is 5.82 Å². The summed E-state index contributed by atoms with van der Waals surface area (Å²) >= 11 is 0. The number of carbonyl (C=O) groups excluding carboxylic acids is 3. The fourth-order valence-corrected chi connectivity index (χ4v) is 5.19. The molecule has 7 heteroatoms. The minimum absolute atomic E-state index is 0.130. The highest BCUT2D eigenvalue weighted by atomic mass is 19.1. The molecule has 2 aliphatic heterocycles. The number of benzene rings is 2. The topological polar surface area (TPSA) is 60.9 Å². The number of imide groups is 1. The van der Waals surface area contributed by atoms with Gasteiger partial charge in [-0.05, 0) is 38.6 Å². The molecule has 0 spiro atoms. The first-order valence-corrected chi connectivity index (χ1v) is 11.9. The van der Waals surface area contributed by atoms with Crippen molar-refractivity contribution < 1.29 is 18.8 Å². The smallest absolute Gasteiger partial charge is 0.241 e. The lowest BCUT2D eigenvalue weighted by Crippen LogP contribution is -2.46. The van der Waals surface area contributed by atoms with E-state index in [0.717, 1.165) is 12.8 Å². The molecule has 180 valence electrons. The molecule has 2 saturated heterocycles. The van der Waals surface area contributed by atoms with Gasteiger partial charge in [0.2, 0.25) is 17.7 Å². The lowest BCUT2D eigenvalue weighted by molar-refractivity contribution is -0.143. The van der Waals surface area contributed by atoms with Crippen LogP contribution >= 0.6 is 0 Å². The van der Waals surface area contributed by atoms with Gasteiger partial charge in [0, 0.05) is 50.5 Å². The van der Waals surface area contributed by atoms with Crippen LogP contribution in [-0.2, 0) is 19.8 Å². The Labute approximate surface area is 200 Å². The highest BCUT2D eigenvalue weighted by molar-refractivity contribution is 6.10. The number of amides is 3. The Hall–Kier alpha value is -3.06. The molecule has 2 aromatic carbocycles. The molecule has 0 aromatic heterocycles. The molecular weight excluding hydrogens is 433 g/mol. The van der Waals surface area contributed by atoms with Gasteiger partial charge in [-0.25, -0.2) is 4.39 Å². The number of carbonyl (C=O) groups is 3. The van der Waals surface area contributed by atoms with E-state index in [0.29, 0.717) is 19.6 Å². The minimum atomic E-state index is -1.51. The number of hydrogen-bond acceptors (Lipinski definition) is 4. The lowest BCUT2D eigenvalue weighted by Gasteiger charge is -2.36. The third-order valence-electron chi connectivity index (χ3n) is 7.07. The largest absolute Gasteiger partial charge is 0.342 e. The van der Waals surface area contributed by atoms with Gasteiger partial charge in [-0.2, -0.15) is 0 Å². The lowest BCUT2D eigenvalue weighted by atomic mass is 9.75. The zero-order valence-corrected chi connectivity index (χ0v) is 19.9. The van der Waals surface area contributed by atoms with Gasteiger partial charge in [0.25, 0.3) is 0 Å². The van der Waals surface area contributed by atoms with Crippen LogP contribution in [0.25, 0.3) is 0 Å². The van der Waals surface area contributed by atoms with Crippen molar-refractivity contribution in [3.63, 3.8) is 0 Å². The number of hydrogen-bond donors (Lipinski definition) is 0. The molecule has 0 aliphatic carbocycles. The van der Waals surface area contributed by atoms with Gasteiger partial charge < -0.3 is 9.80 Å². The molecular formula is C27H32FN3O3. The van der Waals surface area contributed by atoms with E-state index in [9.17, 15) is 18.8 Å². The second-order valence-corrected chi connectivity index (χ2v) is 9.66. The normalized spacial score (nSPS) is 23.1. The SMILES string of the molecule is CN(C)CCN1C(=O)C[C@](CC(=O)N2CCC[C@H](c3ccccc3)C2)(c2ccccc2F)C1=O. The van der Waals surface area contributed by atoms with Gasteiger partial charge >= 0.3 is 0 Å². The maximum absolute atomic E-state index is 15.0. The predicted molar refractivity (Wildman–Crippen MR) is 128 cm³/mol. The average Bonchev–Trinajstić information content (AvgIpc) is 3.07. The fourth-order valence-electron chi connectivity index (χ4n) is 5.19. The molecule has 6 nitrogen and oxygen atoms in total. The molecule has 0 bridgehead atoms. The molecule has 3 amide bonds. The van der Waals surface area contributed by atoms with E-state index in [4.69, 9.17) is 0 Å². The molecule has 0 saturated carbocycles. The van der Waals surface area contributed by atoms with Crippen LogP contribution in [0.5, 0.6) is 0 Å². The van der Waals surface area contributed by atoms with Crippen LogP contribution in [0.15, 0.2) is 54.6 Å². The van der Waals surface area contributed by atoms with E-state index in [2.05, 4.69) is 12.1 Å². The quantitative estimate of drug-likeness (QED) is 0.590. The van der Waals surface area contributed by atoms with Gasteiger partial charge in [0.05, 0.1) is 5.41 Å². The van der Waals surface area contributed by atoms with Gasteiger partial charge in [-0.1, -0.05) is 48.5 Å². The van der Waals surface area contributed by atoms with Crippen molar-refractivity contribution in [3.8, 4) is 0 Å². The third-order valence-corrected chi connectivity index (χ3v) is 7.07. The Bertz CT molecular complexity index is 1060. The third kappa shape index (κ3) is 4.75. The van der Waals surface area contributed by atoms with E-state index in [1.54, 1.807) is 17.0 Å². The average molecular weight is 466 g/mol. The summed E-state index contributed by atoms with van der Waals surface area (Å²) < 4.78 is 15.0. The van der Waals surface area contributed by atoms with Crippen LogP contribution < -0.4 is 0 Å². The van der Waals surface area contributed by atoms with Crippen molar-refractivity contribution >= 4 is 17.7 Å². The van der Waals surface area contributed by atoms with E-state index >= 15 is 0 Å². The molecule has 2 atom stereocenters. The van der Waals surface area contributed by atoms with E-state index in [-0.39, 0.29) is 42.7 Å². The Morgan fingerprint density at radius 3 is 2.50 bits per heavy atom. The second-order valence-electron chi connectivity index (χ2n) is 9.66. The van der Waals surface area contributed by atoms with Crippen LogP contribution in [-0.4, -0.2) is 72.7 Å². The molecule has 2 fully saturated rings. The van der Waals surface area contributed by atoms with Crippen molar-refractivity contribution in [1.82, 2.24) is 14.7 Å². The zero-order chi connectivity index (χ0) is 24.3. The van der Waals surface area contributed by atoms with Crippen LogP contribution in [0.1, 0.15) is 42.7 Å². The molecule has 2 aliphatic rings. The second kappa shape index (κ2) is 10.1. The number of rotatable bonds is 7. The summed E-state index contributed by atoms with van der Waals surface area (Å²) in [5.74, 6) is -1.38. The molecule has 2 aromatic rings. The van der Waals surface area contributed by atoms with Gasteiger partial charge in [0.1, 0.15) is 5.82 Å². The monoisotopic (exact) mass is 465 g/mol. The summed E-state index contributed by atoms with van der Waals surface area (Å²) in [4.78, 5) is 45.0. The maximum atomic E-state index is 15.0.